The molecule has 0 bridgehead atoms. The molecule has 1 unspecified atom stereocenters. The predicted molar refractivity (Wildman–Crippen MR) is 63.0 cm³/mol. The van der Waals surface area contributed by atoms with Crippen LogP contribution in [0.15, 0.2) is 18.2 Å². The van der Waals surface area contributed by atoms with Gasteiger partial charge in [-0.1, -0.05) is 6.07 Å². The normalized spacial score (nSPS) is 20.5. The number of benzene rings is 1. The molecule has 100 valence electrons. The number of carboxylic acids is 1. The molecule has 0 radical (unpaired) electrons. The van der Waals surface area contributed by atoms with Crippen LogP contribution in [0.1, 0.15) is 11.6 Å². The topological polar surface area (TPSA) is 88.1 Å². The summed E-state index contributed by atoms with van der Waals surface area (Å²) in [6.45, 7) is 0.221. The summed E-state index contributed by atoms with van der Waals surface area (Å²) in [6, 6.07) is 4.82. The molecule has 7 heteroatoms. The van der Waals surface area contributed by atoms with Gasteiger partial charge in [0.15, 0.2) is 11.5 Å². The van der Waals surface area contributed by atoms with Crippen LogP contribution >= 0.6 is 0 Å². The van der Waals surface area contributed by atoms with Gasteiger partial charge in [-0.05, 0) is 17.7 Å². The molecule has 2 N–H and O–H groups in total. The molecule has 7 nitrogen and oxygen atoms in total. The van der Waals surface area contributed by atoms with Crippen LogP contribution in [-0.4, -0.2) is 41.9 Å². The minimum Gasteiger partial charge on any atom is -0.480 e. The van der Waals surface area contributed by atoms with Crippen molar-refractivity contribution in [1.29, 1.82) is 0 Å². The monoisotopic (exact) mass is 264 g/mol. The van der Waals surface area contributed by atoms with Gasteiger partial charge in [0, 0.05) is 6.54 Å². The van der Waals surface area contributed by atoms with Gasteiger partial charge in [0.05, 0.1) is 6.04 Å². The van der Waals surface area contributed by atoms with Crippen molar-refractivity contribution in [3.63, 3.8) is 0 Å². The van der Waals surface area contributed by atoms with Crippen molar-refractivity contribution in [3.05, 3.63) is 23.8 Å². The fraction of sp³-hybridized carbons (Fsp3) is 0.333. The summed E-state index contributed by atoms with van der Waals surface area (Å²) in [5, 5.41) is 11.5. The standard InChI is InChI=1S/C12H12N2O5/c15-11(16)5-14-4-8(13-12(14)17)7-1-2-9-10(3-7)19-6-18-9/h1-3,8H,4-6H2,(H,13,17)(H,15,16). The molecule has 2 aliphatic heterocycles. The van der Waals surface area contributed by atoms with Crippen LogP contribution in [0, 0.1) is 0 Å². The number of nitrogens with zero attached hydrogens (tertiary/aromatic N) is 1. The van der Waals surface area contributed by atoms with E-state index in [1.54, 1.807) is 12.1 Å². The van der Waals surface area contributed by atoms with Crippen LogP contribution in [0.4, 0.5) is 4.79 Å². The number of aliphatic carboxylic acids is 1. The van der Waals surface area contributed by atoms with Crippen LogP contribution < -0.4 is 14.8 Å². The zero-order valence-electron chi connectivity index (χ0n) is 9.96. The van der Waals surface area contributed by atoms with Crippen molar-refractivity contribution in [1.82, 2.24) is 10.2 Å². The Morgan fingerprint density at radius 1 is 1.42 bits per heavy atom. The lowest BCUT2D eigenvalue weighted by Crippen LogP contribution is -2.32. The Morgan fingerprint density at radius 2 is 2.21 bits per heavy atom. The van der Waals surface area contributed by atoms with Crippen molar-refractivity contribution in [2.45, 2.75) is 6.04 Å². The second kappa shape index (κ2) is 4.34. The molecule has 2 aliphatic rings. The molecule has 1 aromatic rings. The summed E-state index contributed by atoms with van der Waals surface area (Å²) < 4.78 is 10.5. The van der Waals surface area contributed by atoms with E-state index in [9.17, 15) is 9.59 Å². The highest BCUT2D eigenvalue weighted by atomic mass is 16.7. The van der Waals surface area contributed by atoms with Crippen molar-refractivity contribution in [2.24, 2.45) is 0 Å². The zero-order chi connectivity index (χ0) is 13.4. The summed E-state index contributed by atoms with van der Waals surface area (Å²) in [7, 11) is 0. The average molecular weight is 264 g/mol. The smallest absolute Gasteiger partial charge is 0.323 e. The van der Waals surface area contributed by atoms with Crippen molar-refractivity contribution >= 4 is 12.0 Å². The molecule has 1 fully saturated rings. The zero-order valence-corrected chi connectivity index (χ0v) is 9.96. The van der Waals surface area contributed by atoms with Crippen LogP contribution in [-0.2, 0) is 4.79 Å². The molecule has 2 heterocycles. The number of amides is 2. The number of nitrogens with one attached hydrogen (secondary N) is 1. The number of ether oxygens (including phenoxy) is 2. The molecule has 1 atom stereocenters. The molecule has 0 saturated carbocycles. The number of hydrogen-bond donors (Lipinski definition) is 2. The second-order valence-electron chi connectivity index (χ2n) is 4.39. The summed E-state index contributed by atoms with van der Waals surface area (Å²) in [4.78, 5) is 23.5. The Morgan fingerprint density at radius 3 is 3.00 bits per heavy atom. The van der Waals surface area contributed by atoms with Crippen LogP contribution in [0.2, 0.25) is 0 Å². The maximum absolute atomic E-state index is 11.6. The van der Waals surface area contributed by atoms with E-state index in [4.69, 9.17) is 14.6 Å². The lowest BCUT2D eigenvalue weighted by atomic mass is 10.1. The Labute approximate surface area is 108 Å². The van der Waals surface area contributed by atoms with E-state index < -0.39 is 5.97 Å². The maximum atomic E-state index is 11.6. The van der Waals surface area contributed by atoms with Crippen molar-refractivity contribution in [3.8, 4) is 11.5 Å². The Hall–Kier alpha value is -2.44. The summed E-state index contributed by atoms with van der Waals surface area (Å²) >= 11 is 0. The third-order valence-corrected chi connectivity index (χ3v) is 3.11. The predicted octanol–water partition coefficient (Wildman–Crippen LogP) is 0.566. The Kier molecular flexibility index (Phi) is 2.66. The third-order valence-electron chi connectivity index (χ3n) is 3.11. The van der Waals surface area contributed by atoms with E-state index in [2.05, 4.69) is 5.32 Å². The molecular weight excluding hydrogens is 252 g/mol. The molecule has 19 heavy (non-hydrogen) atoms. The van der Waals surface area contributed by atoms with E-state index in [0.29, 0.717) is 18.0 Å². The number of carboxylic acid groups (broad SMARTS) is 1. The minimum atomic E-state index is -1.03. The quantitative estimate of drug-likeness (QED) is 0.833. The van der Waals surface area contributed by atoms with Crippen LogP contribution in [0.3, 0.4) is 0 Å². The lowest BCUT2D eigenvalue weighted by molar-refractivity contribution is -0.137. The molecule has 0 aromatic heterocycles. The Bertz CT molecular complexity index is 545. The third kappa shape index (κ3) is 2.14. The van der Waals surface area contributed by atoms with Crippen molar-refractivity contribution in [2.75, 3.05) is 19.9 Å². The van der Waals surface area contributed by atoms with E-state index in [1.165, 1.54) is 4.90 Å². The number of fused-ring (bicyclic) bond motifs is 1. The van der Waals surface area contributed by atoms with Gasteiger partial charge in [0.1, 0.15) is 6.54 Å². The van der Waals surface area contributed by atoms with Gasteiger partial charge in [0.2, 0.25) is 6.79 Å². The van der Waals surface area contributed by atoms with Crippen LogP contribution in [0.25, 0.3) is 0 Å². The highest BCUT2D eigenvalue weighted by Gasteiger charge is 2.31. The van der Waals surface area contributed by atoms with E-state index in [-0.39, 0.29) is 25.4 Å². The highest BCUT2D eigenvalue weighted by molar-refractivity contribution is 5.82. The first-order valence-electron chi connectivity index (χ1n) is 5.80. The van der Waals surface area contributed by atoms with E-state index in [0.717, 1.165) is 5.56 Å². The molecular formula is C12H12N2O5. The number of hydrogen-bond acceptors (Lipinski definition) is 4. The average Bonchev–Trinajstić information content (AvgIpc) is 2.95. The molecule has 0 spiro atoms. The molecule has 3 rings (SSSR count). The SMILES string of the molecule is O=C(O)CN1CC(c2ccc3c(c2)OCO3)NC1=O. The van der Waals surface area contributed by atoms with E-state index >= 15 is 0 Å². The number of urea groups is 1. The van der Waals surface area contributed by atoms with Gasteiger partial charge in [-0.25, -0.2) is 4.79 Å². The first-order valence-corrected chi connectivity index (χ1v) is 5.80. The van der Waals surface area contributed by atoms with Crippen molar-refractivity contribution < 1.29 is 24.2 Å². The van der Waals surface area contributed by atoms with Gasteiger partial charge in [0.25, 0.3) is 0 Å². The molecule has 0 aliphatic carbocycles. The summed E-state index contributed by atoms with van der Waals surface area (Å²) in [6.07, 6.45) is 0. The molecule has 2 amide bonds. The summed E-state index contributed by atoms with van der Waals surface area (Å²) in [5.74, 6) is 0.292. The number of carbonyl (C=O) groups excluding carboxylic acids is 1. The lowest BCUT2D eigenvalue weighted by Gasteiger charge is -2.12. The van der Waals surface area contributed by atoms with Gasteiger partial charge in [-0.2, -0.15) is 0 Å². The first-order chi connectivity index (χ1) is 9.13. The molecule has 1 saturated heterocycles. The van der Waals surface area contributed by atoms with Gasteiger partial charge >= 0.3 is 12.0 Å². The van der Waals surface area contributed by atoms with Crippen LogP contribution in [0.5, 0.6) is 11.5 Å². The largest absolute Gasteiger partial charge is 0.480 e. The minimum absolute atomic E-state index is 0.195. The maximum Gasteiger partial charge on any atom is 0.323 e. The fourth-order valence-electron chi connectivity index (χ4n) is 2.21. The van der Waals surface area contributed by atoms with Gasteiger partial charge in [-0.3, -0.25) is 4.79 Å². The second-order valence-corrected chi connectivity index (χ2v) is 4.39. The first kappa shape index (κ1) is 11.6. The number of rotatable bonds is 3. The summed E-state index contributed by atoms with van der Waals surface area (Å²) in [5.41, 5.74) is 0.866. The highest BCUT2D eigenvalue weighted by Crippen LogP contribution is 2.35. The van der Waals surface area contributed by atoms with Gasteiger partial charge in [-0.15, -0.1) is 0 Å². The number of carbonyl (C=O) groups is 2. The molecule has 1 aromatic carbocycles. The van der Waals surface area contributed by atoms with E-state index in [1.807, 2.05) is 6.07 Å². The van der Waals surface area contributed by atoms with Gasteiger partial charge < -0.3 is 24.8 Å². The Balaban J connectivity index is 1.77. The fourth-order valence-corrected chi connectivity index (χ4v) is 2.21.